The minimum Gasteiger partial charge on any atom is -0.369 e. The summed E-state index contributed by atoms with van der Waals surface area (Å²) >= 11 is 6.08. The van der Waals surface area contributed by atoms with Crippen LogP contribution in [0.25, 0.3) is 0 Å². The summed E-state index contributed by atoms with van der Waals surface area (Å²) in [5.41, 5.74) is 1.20. The fourth-order valence-electron chi connectivity index (χ4n) is 3.64. The Morgan fingerprint density at radius 3 is 2.84 bits per heavy atom. The van der Waals surface area contributed by atoms with Crippen LogP contribution in [-0.4, -0.2) is 63.2 Å². The van der Waals surface area contributed by atoms with Crippen LogP contribution in [0.3, 0.4) is 0 Å². The molecule has 2 N–H and O–H groups in total. The van der Waals surface area contributed by atoms with Gasteiger partial charge in [-0.25, -0.2) is 0 Å². The van der Waals surface area contributed by atoms with Crippen molar-refractivity contribution in [1.29, 1.82) is 0 Å². The molecule has 2 aliphatic rings. The van der Waals surface area contributed by atoms with Crippen LogP contribution in [0.2, 0.25) is 5.02 Å². The van der Waals surface area contributed by atoms with Crippen molar-refractivity contribution in [2.24, 2.45) is 5.92 Å². The van der Waals surface area contributed by atoms with Gasteiger partial charge < -0.3 is 15.5 Å². The maximum atomic E-state index is 11.9. The van der Waals surface area contributed by atoms with Crippen molar-refractivity contribution in [3.63, 3.8) is 0 Å². The van der Waals surface area contributed by atoms with E-state index in [1.54, 1.807) is 0 Å². The summed E-state index contributed by atoms with van der Waals surface area (Å²) in [5.74, 6) is 0.884. The van der Waals surface area contributed by atoms with Gasteiger partial charge >= 0.3 is 0 Å². The molecule has 0 saturated carbocycles. The van der Waals surface area contributed by atoms with E-state index in [4.69, 9.17) is 11.6 Å². The predicted molar refractivity (Wildman–Crippen MR) is 103 cm³/mol. The first-order chi connectivity index (χ1) is 12.2. The number of carbonyl (C=O) groups is 1. The zero-order valence-electron chi connectivity index (χ0n) is 14.8. The van der Waals surface area contributed by atoms with Crippen molar-refractivity contribution < 1.29 is 4.79 Å². The van der Waals surface area contributed by atoms with Gasteiger partial charge in [-0.2, -0.15) is 0 Å². The van der Waals surface area contributed by atoms with Crippen LogP contribution < -0.4 is 15.5 Å². The molecule has 2 fully saturated rings. The van der Waals surface area contributed by atoms with Crippen LogP contribution in [-0.2, 0) is 4.79 Å². The number of hydrogen-bond acceptors (Lipinski definition) is 4. The molecular formula is C19H29ClN4O. The number of nitrogens with zero attached hydrogens (tertiary/aromatic N) is 2. The number of carbonyl (C=O) groups excluding carboxylic acids is 1. The van der Waals surface area contributed by atoms with Gasteiger partial charge in [-0.05, 0) is 50.0 Å². The Balaban J connectivity index is 1.29. The molecule has 1 aromatic rings. The van der Waals surface area contributed by atoms with Crippen LogP contribution in [0.5, 0.6) is 0 Å². The van der Waals surface area contributed by atoms with Gasteiger partial charge in [-0.15, -0.1) is 0 Å². The molecule has 2 heterocycles. The van der Waals surface area contributed by atoms with E-state index >= 15 is 0 Å². The molecule has 0 aromatic heterocycles. The van der Waals surface area contributed by atoms with Crippen LogP contribution in [0, 0.1) is 5.92 Å². The smallest absolute Gasteiger partial charge is 0.220 e. The van der Waals surface area contributed by atoms with E-state index in [2.05, 4.69) is 26.5 Å². The Labute approximate surface area is 155 Å². The molecule has 0 spiro atoms. The Kier molecular flexibility index (Phi) is 6.96. The largest absolute Gasteiger partial charge is 0.369 e. The molecular weight excluding hydrogens is 336 g/mol. The molecule has 6 heteroatoms. The standard InChI is InChI=1S/C19H29ClN4O/c20-17-2-1-3-18(14-17)24-12-10-23(11-13-24)9-8-22-19(25)5-4-16-6-7-21-15-16/h1-3,14,16,21H,4-13,15H2,(H,22,25). The maximum Gasteiger partial charge on any atom is 0.220 e. The highest BCUT2D eigenvalue weighted by Gasteiger charge is 2.18. The highest BCUT2D eigenvalue weighted by Crippen LogP contribution is 2.20. The van der Waals surface area contributed by atoms with Crippen molar-refractivity contribution in [3.05, 3.63) is 29.3 Å². The van der Waals surface area contributed by atoms with E-state index in [0.29, 0.717) is 12.3 Å². The highest BCUT2D eigenvalue weighted by atomic mass is 35.5. The second-order valence-corrected chi connectivity index (χ2v) is 7.49. The summed E-state index contributed by atoms with van der Waals surface area (Å²) in [4.78, 5) is 16.7. The molecule has 1 unspecified atom stereocenters. The number of nitrogens with one attached hydrogen (secondary N) is 2. The lowest BCUT2D eigenvalue weighted by atomic mass is 10.0. The Hall–Kier alpha value is -1.30. The number of benzene rings is 1. The lowest BCUT2D eigenvalue weighted by Crippen LogP contribution is -2.48. The van der Waals surface area contributed by atoms with Crippen molar-refractivity contribution in [2.45, 2.75) is 19.3 Å². The second-order valence-electron chi connectivity index (χ2n) is 7.06. The molecule has 5 nitrogen and oxygen atoms in total. The van der Waals surface area contributed by atoms with Gasteiger partial charge in [0.15, 0.2) is 0 Å². The Morgan fingerprint density at radius 1 is 1.28 bits per heavy atom. The number of piperazine rings is 1. The first-order valence-corrected chi connectivity index (χ1v) is 9.79. The third-order valence-corrected chi connectivity index (χ3v) is 5.47. The summed E-state index contributed by atoms with van der Waals surface area (Å²) in [7, 11) is 0. The average Bonchev–Trinajstić information content (AvgIpc) is 3.14. The molecule has 1 aromatic carbocycles. The van der Waals surface area contributed by atoms with Crippen LogP contribution >= 0.6 is 11.6 Å². The molecule has 0 radical (unpaired) electrons. The van der Waals surface area contributed by atoms with Gasteiger partial charge in [-0.3, -0.25) is 9.69 Å². The van der Waals surface area contributed by atoms with Crippen molar-refractivity contribution in [1.82, 2.24) is 15.5 Å². The van der Waals surface area contributed by atoms with Crippen molar-refractivity contribution >= 4 is 23.2 Å². The van der Waals surface area contributed by atoms with Gasteiger partial charge in [0.25, 0.3) is 0 Å². The molecule has 0 bridgehead atoms. The summed E-state index contributed by atoms with van der Waals surface area (Å²) in [5, 5.41) is 7.21. The van der Waals surface area contributed by atoms with Gasteiger partial charge in [0.2, 0.25) is 5.91 Å². The quantitative estimate of drug-likeness (QED) is 0.776. The van der Waals surface area contributed by atoms with E-state index in [0.717, 1.165) is 63.8 Å². The molecule has 1 atom stereocenters. The number of rotatable bonds is 7. The molecule has 2 aliphatic heterocycles. The summed E-state index contributed by atoms with van der Waals surface area (Å²) in [6.45, 7) is 7.91. The lowest BCUT2D eigenvalue weighted by molar-refractivity contribution is -0.121. The van der Waals surface area contributed by atoms with Crippen molar-refractivity contribution in [2.75, 3.05) is 57.3 Å². The normalized spacial score (nSPS) is 21.5. The number of anilines is 1. The zero-order chi connectivity index (χ0) is 17.5. The third-order valence-electron chi connectivity index (χ3n) is 5.24. The van der Waals surface area contributed by atoms with E-state index in [-0.39, 0.29) is 5.91 Å². The maximum absolute atomic E-state index is 11.9. The first kappa shape index (κ1) is 18.5. The molecule has 0 aliphatic carbocycles. The minimum atomic E-state index is 0.199. The van der Waals surface area contributed by atoms with Gasteiger partial charge in [0.05, 0.1) is 0 Å². The molecule has 138 valence electrons. The van der Waals surface area contributed by atoms with E-state index in [1.165, 1.54) is 12.1 Å². The van der Waals surface area contributed by atoms with Crippen molar-refractivity contribution in [3.8, 4) is 0 Å². The minimum absolute atomic E-state index is 0.199. The topological polar surface area (TPSA) is 47.6 Å². The number of amides is 1. The number of hydrogen-bond donors (Lipinski definition) is 2. The fraction of sp³-hybridized carbons (Fsp3) is 0.632. The average molecular weight is 365 g/mol. The Morgan fingerprint density at radius 2 is 2.12 bits per heavy atom. The third kappa shape index (κ3) is 5.87. The second kappa shape index (κ2) is 9.41. The van der Waals surface area contributed by atoms with Gasteiger partial charge in [0, 0.05) is 56.4 Å². The van der Waals surface area contributed by atoms with Crippen LogP contribution in [0.1, 0.15) is 19.3 Å². The van der Waals surface area contributed by atoms with Gasteiger partial charge in [-0.1, -0.05) is 17.7 Å². The SMILES string of the molecule is O=C(CCC1CCNC1)NCCN1CCN(c2cccc(Cl)c2)CC1. The van der Waals surface area contributed by atoms with Gasteiger partial charge in [0.1, 0.15) is 0 Å². The Bertz CT molecular complexity index is 554. The first-order valence-electron chi connectivity index (χ1n) is 9.41. The highest BCUT2D eigenvalue weighted by molar-refractivity contribution is 6.30. The van der Waals surface area contributed by atoms with E-state index in [1.807, 2.05) is 18.2 Å². The lowest BCUT2D eigenvalue weighted by Gasteiger charge is -2.36. The fourth-order valence-corrected chi connectivity index (χ4v) is 3.82. The van der Waals surface area contributed by atoms with Crippen LogP contribution in [0.4, 0.5) is 5.69 Å². The number of halogens is 1. The molecule has 3 rings (SSSR count). The van der Waals surface area contributed by atoms with Crippen LogP contribution in [0.15, 0.2) is 24.3 Å². The summed E-state index contributed by atoms with van der Waals surface area (Å²) in [6, 6.07) is 8.05. The van der Waals surface area contributed by atoms with E-state index in [9.17, 15) is 4.79 Å². The van der Waals surface area contributed by atoms with E-state index < -0.39 is 0 Å². The molecule has 1 amide bonds. The monoisotopic (exact) mass is 364 g/mol. The predicted octanol–water partition coefficient (Wildman–Crippen LogP) is 1.97. The summed E-state index contributed by atoms with van der Waals surface area (Å²) < 4.78 is 0. The zero-order valence-corrected chi connectivity index (χ0v) is 15.6. The molecule has 2 saturated heterocycles. The molecule has 25 heavy (non-hydrogen) atoms. The summed E-state index contributed by atoms with van der Waals surface area (Å²) in [6.07, 6.45) is 2.89.